The number of carbonyl (C=O) groups is 1. The maximum Gasteiger partial charge on any atom is 0.251 e. The van der Waals surface area contributed by atoms with Crippen molar-refractivity contribution < 1.29 is 15.0 Å². The van der Waals surface area contributed by atoms with Gasteiger partial charge >= 0.3 is 0 Å². The molecule has 2 aromatic rings. The Labute approximate surface area is 111 Å². The summed E-state index contributed by atoms with van der Waals surface area (Å²) in [6, 6.07) is 11.4. The second-order valence-electron chi connectivity index (χ2n) is 4.31. The van der Waals surface area contributed by atoms with Crippen LogP contribution in [0.4, 0.5) is 0 Å². The van der Waals surface area contributed by atoms with E-state index in [1.165, 1.54) is 12.1 Å². The molecule has 0 bridgehead atoms. The van der Waals surface area contributed by atoms with Crippen LogP contribution in [0, 0.1) is 6.92 Å². The fourth-order valence-electron chi connectivity index (χ4n) is 1.83. The molecule has 4 heteroatoms. The maximum atomic E-state index is 12.0. The first-order valence-corrected chi connectivity index (χ1v) is 5.92. The van der Waals surface area contributed by atoms with Gasteiger partial charge in [0.25, 0.3) is 5.91 Å². The van der Waals surface area contributed by atoms with Crippen LogP contribution < -0.4 is 5.32 Å². The van der Waals surface area contributed by atoms with Crippen LogP contribution in [0.5, 0.6) is 11.5 Å². The summed E-state index contributed by atoms with van der Waals surface area (Å²) in [6.07, 6.45) is 0. The summed E-state index contributed by atoms with van der Waals surface area (Å²) in [7, 11) is 0. The Balaban J connectivity index is 2.08. The fourth-order valence-corrected chi connectivity index (χ4v) is 1.83. The molecule has 0 aliphatic rings. The molecule has 0 atom stereocenters. The minimum Gasteiger partial charge on any atom is -0.508 e. The second kappa shape index (κ2) is 5.44. The Hall–Kier alpha value is -2.49. The second-order valence-corrected chi connectivity index (χ2v) is 4.31. The van der Waals surface area contributed by atoms with Gasteiger partial charge in [-0.1, -0.05) is 18.2 Å². The molecule has 2 aromatic carbocycles. The van der Waals surface area contributed by atoms with Gasteiger partial charge in [0.05, 0.1) is 0 Å². The number of nitrogens with one attached hydrogen (secondary N) is 1. The summed E-state index contributed by atoms with van der Waals surface area (Å²) >= 11 is 0. The third-order valence-corrected chi connectivity index (χ3v) is 2.89. The van der Waals surface area contributed by atoms with Crippen LogP contribution in [-0.4, -0.2) is 16.1 Å². The molecule has 0 unspecified atom stereocenters. The van der Waals surface area contributed by atoms with Crippen LogP contribution in [0.1, 0.15) is 21.5 Å². The van der Waals surface area contributed by atoms with E-state index in [1.54, 1.807) is 37.3 Å². The smallest absolute Gasteiger partial charge is 0.251 e. The van der Waals surface area contributed by atoms with Gasteiger partial charge in [-0.2, -0.15) is 0 Å². The molecule has 4 nitrogen and oxygen atoms in total. The lowest BCUT2D eigenvalue weighted by atomic mass is 10.1. The number of para-hydroxylation sites is 1. The van der Waals surface area contributed by atoms with Crippen LogP contribution in [0.15, 0.2) is 42.5 Å². The third kappa shape index (κ3) is 3.04. The zero-order valence-electron chi connectivity index (χ0n) is 10.6. The average molecular weight is 257 g/mol. The van der Waals surface area contributed by atoms with Crippen LogP contribution in [-0.2, 0) is 6.54 Å². The molecule has 0 saturated heterocycles. The van der Waals surface area contributed by atoms with Gasteiger partial charge in [-0.3, -0.25) is 4.79 Å². The Morgan fingerprint density at radius 1 is 1.16 bits per heavy atom. The Morgan fingerprint density at radius 2 is 1.89 bits per heavy atom. The van der Waals surface area contributed by atoms with Gasteiger partial charge in [-0.05, 0) is 36.8 Å². The molecule has 0 spiro atoms. The Bertz CT molecular complexity index is 608. The molecule has 1 amide bonds. The van der Waals surface area contributed by atoms with Crippen molar-refractivity contribution in [2.24, 2.45) is 0 Å². The molecule has 0 aromatic heterocycles. The van der Waals surface area contributed by atoms with Gasteiger partial charge in [0.2, 0.25) is 0 Å². The van der Waals surface area contributed by atoms with E-state index >= 15 is 0 Å². The number of aryl methyl sites for hydroxylation is 1. The van der Waals surface area contributed by atoms with Crippen molar-refractivity contribution in [3.05, 3.63) is 59.2 Å². The van der Waals surface area contributed by atoms with Crippen LogP contribution in [0.2, 0.25) is 0 Å². The number of aromatic hydroxyl groups is 2. The van der Waals surface area contributed by atoms with Gasteiger partial charge in [0.1, 0.15) is 11.5 Å². The van der Waals surface area contributed by atoms with E-state index in [0.29, 0.717) is 16.7 Å². The molecule has 19 heavy (non-hydrogen) atoms. The van der Waals surface area contributed by atoms with Crippen molar-refractivity contribution in [2.75, 3.05) is 0 Å². The van der Waals surface area contributed by atoms with Crippen LogP contribution in [0.25, 0.3) is 0 Å². The van der Waals surface area contributed by atoms with Crippen molar-refractivity contribution in [2.45, 2.75) is 13.5 Å². The lowest BCUT2D eigenvalue weighted by Crippen LogP contribution is -2.23. The van der Waals surface area contributed by atoms with Gasteiger partial charge in [0, 0.05) is 17.7 Å². The molecule has 2 rings (SSSR count). The SMILES string of the molecule is Cc1cc(O)ccc1C(=O)NCc1ccccc1O. The van der Waals surface area contributed by atoms with Crippen molar-refractivity contribution >= 4 is 5.91 Å². The van der Waals surface area contributed by atoms with Gasteiger partial charge in [-0.15, -0.1) is 0 Å². The number of hydrogen-bond donors (Lipinski definition) is 3. The predicted molar refractivity (Wildman–Crippen MR) is 72.1 cm³/mol. The van der Waals surface area contributed by atoms with Crippen LogP contribution >= 0.6 is 0 Å². The standard InChI is InChI=1S/C15H15NO3/c1-10-8-12(17)6-7-13(10)15(19)16-9-11-4-2-3-5-14(11)18/h2-8,17-18H,9H2,1H3,(H,16,19). The summed E-state index contributed by atoms with van der Waals surface area (Å²) in [5.41, 5.74) is 1.87. The summed E-state index contributed by atoms with van der Waals surface area (Å²) in [5, 5.41) is 21.6. The minimum absolute atomic E-state index is 0.134. The minimum atomic E-state index is -0.235. The number of phenols is 2. The molecule has 3 N–H and O–H groups in total. The Morgan fingerprint density at radius 3 is 2.58 bits per heavy atom. The number of hydrogen-bond acceptors (Lipinski definition) is 3. The molecule has 0 aliphatic heterocycles. The highest BCUT2D eigenvalue weighted by Gasteiger charge is 2.09. The highest BCUT2D eigenvalue weighted by atomic mass is 16.3. The lowest BCUT2D eigenvalue weighted by Gasteiger charge is -2.09. The van der Waals surface area contributed by atoms with Crippen molar-refractivity contribution in [3.8, 4) is 11.5 Å². The zero-order chi connectivity index (χ0) is 13.8. The zero-order valence-corrected chi connectivity index (χ0v) is 10.6. The number of amides is 1. The van der Waals surface area contributed by atoms with Crippen molar-refractivity contribution in [3.63, 3.8) is 0 Å². The molecule has 0 saturated carbocycles. The molecular weight excluding hydrogens is 242 g/mol. The van der Waals surface area contributed by atoms with Gasteiger partial charge in [0.15, 0.2) is 0 Å². The first-order valence-electron chi connectivity index (χ1n) is 5.92. The highest BCUT2D eigenvalue weighted by molar-refractivity contribution is 5.95. The number of carbonyl (C=O) groups excluding carboxylic acids is 1. The topological polar surface area (TPSA) is 69.6 Å². The van der Waals surface area contributed by atoms with Gasteiger partial charge < -0.3 is 15.5 Å². The molecule has 0 heterocycles. The first-order chi connectivity index (χ1) is 9.08. The monoisotopic (exact) mass is 257 g/mol. The van der Waals surface area contributed by atoms with E-state index in [0.717, 1.165) is 0 Å². The number of rotatable bonds is 3. The first kappa shape index (κ1) is 13.0. The third-order valence-electron chi connectivity index (χ3n) is 2.89. The molecular formula is C15H15NO3. The Kier molecular flexibility index (Phi) is 3.71. The van der Waals surface area contributed by atoms with E-state index in [2.05, 4.69) is 5.32 Å². The van der Waals surface area contributed by atoms with E-state index in [4.69, 9.17) is 0 Å². The van der Waals surface area contributed by atoms with E-state index in [-0.39, 0.29) is 24.0 Å². The van der Waals surface area contributed by atoms with E-state index in [9.17, 15) is 15.0 Å². The fraction of sp³-hybridized carbons (Fsp3) is 0.133. The summed E-state index contributed by atoms with van der Waals surface area (Å²) in [5.74, 6) is 0.0562. The maximum absolute atomic E-state index is 12.0. The van der Waals surface area contributed by atoms with E-state index < -0.39 is 0 Å². The number of benzene rings is 2. The summed E-state index contributed by atoms with van der Waals surface area (Å²) in [6.45, 7) is 2.01. The average Bonchev–Trinajstić information content (AvgIpc) is 2.37. The normalized spacial score (nSPS) is 10.2. The van der Waals surface area contributed by atoms with Gasteiger partial charge in [-0.25, -0.2) is 0 Å². The molecule has 98 valence electrons. The quantitative estimate of drug-likeness (QED) is 0.790. The highest BCUT2D eigenvalue weighted by Crippen LogP contribution is 2.17. The molecule has 0 radical (unpaired) electrons. The largest absolute Gasteiger partial charge is 0.508 e. The van der Waals surface area contributed by atoms with Crippen molar-refractivity contribution in [1.82, 2.24) is 5.32 Å². The van der Waals surface area contributed by atoms with Crippen LogP contribution in [0.3, 0.4) is 0 Å². The molecule has 0 fully saturated rings. The summed E-state index contributed by atoms with van der Waals surface area (Å²) < 4.78 is 0. The predicted octanol–water partition coefficient (Wildman–Crippen LogP) is 2.34. The summed E-state index contributed by atoms with van der Waals surface area (Å²) in [4.78, 5) is 12.0. The van der Waals surface area contributed by atoms with Crippen molar-refractivity contribution in [1.29, 1.82) is 0 Å². The number of phenolic OH excluding ortho intramolecular Hbond substituents is 2. The molecule has 0 aliphatic carbocycles. The lowest BCUT2D eigenvalue weighted by molar-refractivity contribution is 0.0950. The van der Waals surface area contributed by atoms with E-state index in [1.807, 2.05) is 0 Å².